The van der Waals surface area contributed by atoms with Crippen LogP contribution in [0.15, 0.2) is 24.3 Å². The smallest absolute Gasteiger partial charge is 0.0562 e. The third kappa shape index (κ3) is 19.4. The van der Waals surface area contributed by atoms with E-state index in [-0.39, 0.29) is 12.7 Å². The van der Waals surface area contributed by atoms with Gasteiger partial charge in [-0.05, 0) is 44.9 Å². The van der Waals surface area contributed by atoms with Crippen molar-refractivity contribution in [1.29, 1.82) is 0 Å². The summed E-state index contributed by atoms with van der Waals surface area (Å²) in [5.41, 5.74) is 0. The zero-order valence-electron chi connectivity index (χ0n) is 15.4. The fraction of sp³-hybridized carbons (Fsp3) is 0.810. The molecule has 0 aromatic heterocycles. The van der Waals surface area contributed by atoms with Gasteiger partial charge in [0.05, 0.1) is 6.10 Å². The van der Waals surface area contributed by atoms with Gasteiger partial charge in [-0.3, -0.25) is 0 Å². The largest absolute Gasteiger partial charge is 0.396 e. The van der Waals surface area contributed by atoms with Gasteiger partial charge in [-0.15, -0.1) is 0 Å². The van der Waals surface area contributed by atoms with Crippen LogP contribution in [-0.4, -0.2) is 22.9 Å². The minimum atomic E-state index is -0.300. The Morgan fingerprint density at radius 1 is 0.696 bits per heavy atom. The van der Waals surface area contributed by atoms with Crippen molar-refractivity contribution in [2.24, 2.45) is 0 Å². The van der Waals surface area contributed by atoms with Crippen molar-refractivity contribution >= 4 is 0 Å². The first-order valence-corrected chi connectivity index (χ1v) is 9.90. The molecule has 2 heteroatoms. The molecule has 1 atom stereocenters. The van der Waals surface area contributed by atoms with E-state index in [9.17, 15) is 5.11 Å². The summed E-state index contributed by atoms with van der Waals surface area (Å²) in [6.07, 6.45) is 25.3. The Bertz CT molecular complexity index is 271. The molecule has 2 nitrogen and oxygen atoms in total. The van der Waals surface area contributed by atoms with Crippen LogP contribution in [0, 0.1) is 0 Å². The Labute approximate surface area is 144 Å². The van der Waals surface area contributed by atoms with Crippen LogP contribution in [-0.2, 0) is 0 Å². The van der Waals surface area contributed by atoms with Crippen LogP contribution >= 0.6 is 0 Å². The molecule has 0 saturated carbocycles. The molecule has 2 N–H and O–H groups in total. The minimum Gasteiger partial charge on any atom is -0.396 e. The van der Waals surface area contributed by atoms with Gasteiger partial charge >= 0.3 is 0 Å². The molecule has 0 bridgehead atoms. The average molecular weight is 325 g/mol. The molecule has 0 spiro atoms. The molecule has 0 aromatic rings. The van der Waals surface area contributed by atoms with Crippen LogP contribution in [0.4, 0.5) is 0 Å². The lowest BCUT2D eigenvalue weighted by molar-refractivity contribution is 0.122. The SMILES string of the molecule is CCCCCC=CCC=CCCCCCCCCC(O)CCO. The van der Waals surface area contributed by atoms with E-state index in [1.807, 2.05) is 0 Å². The topological polar surface area (TPSA) is 40.5 Å². The lowest BCUT2D eigenvalue weighted by Crippen LogP contribution is -2.08. The summed E-state index contributed by atoms with van der Waals surface area (Å²) in [6.45, 7) is 2.35. The predicted octanol–water partition coefficient (Wildman–Crippen LogP) is 5.93. The molecule has 0 aliphatic rings. The van der Waals surface area contributed by atoms with Gasteiger partial charge in [-0.1, -0.05) is 76.2 Å². The summed E-state index contributed by atoms with van der Waals surface area (Å²) in [7, 11) is 0. The second-order valence-electron chi connectivity index (χ2n) is 6.54. The molecular weight excluding hydrogens is 284 g/mol. The molecule has 0 rings (SSSR count). The van der Waals surface area contributed by atoms with E-state index in [1.165, 1.54) is 64.2 Å². The van der Waals surface area contributed by atoms with Crippen molar-refractivity contribution < 1.29 is 10.2 Å². The van der Waals surface area contributed by atoms with Gasteiger partial charge < -0.3 is 10.2 Å². The van der Waals surface area contributed by atoms with Crippen molar-refractivity contribution in [2.45, 2.75) is 103 Å². The van der Waals surface area contributed by atoms with Crippen LogP contribution < -0.4 is 0 Å². The minimum absolute atomic E-state index is 0.101. The summed E-state index contributed by atoms with van der Waals surface area (Å²) in [5, 5.41) is 18.2. The van der Waals surface area contributed by atoms with Crippen LogP contribution in [0.1, 0.15) is 96.8 Å². The Balaban J connectivity index is 3.19. The zero-order valence-corrected chi connectivity index (χ0v) is 15.4. The Morgan fingerprint density at radius 2 is 1.26 bits per heavy atom. The van der Waals surface area contributed by atoms with Crippen molar-refractivity contribution in [2.75, 3.05) is 6.61 Å². The van der Waals surface area contributed by atoms with Gasteiger partial charge in [0, 0.05) is 6.61 Å². The van der Waals surface area contributed by atoms with Gasteiger partial charge in [0.25, 0.3) is 0 Å². The molecule has 0 amide bonds. The average Bonchev–Trinajstić information content (AvgIpc) is 2.54. The highest BCUT2D eigenvalue weighted by molar-refractivity contribution is 4.92. The van der Waals surface area contributed by atoms with E-state index in [2.05, 4.69) is 31.2 Å². The summed E-state index contributed by atoms with van der Waals surface area (Å²) >= 11 is 0. The first-order valence-electron chi connectivity index (χ1n) is 9.90. The molecule has 1 unspecified atom stereocenters. The number of hydrogen-bond acceptors (Lipinski definition) is 2. The van der Waals surface area contributed by atoms with Crippen molar-refractivity contribution in [3.05, 3.63) is 24.3 Å². The van der Waals surface area contributed by atoms with E-state index in [0.717, 1.165) is 19.3 Å². The third-order valence-corrected chi connectivity index (χ3v) is 4.20. The first kappa shape index (κ1) is 22.4. The maximum absolute atomic E-state index is 9.49. The zero-order chi connectivity index (χ0) is 17.0. The first-order chi connectivity index (χ1) is 11.3. The molecule has 0 aliphatic heterocycles. The van der Waals surface area contributed by atoms with Gasteiger partial charge in [0.2, 0.25) is 0 Å². The second kappa shape index (κ2) is 19.4. The number of aliphatic hydroxyl groups is 2. The molecule has 136 valence electrons. The quantitative estimate of drug-likeness (QED) is 0.257. The Hall–Kier alpha value is -0.600. The second-order valence-corrected chi connectivity index (χ2v) is 6.54. The van der Waals surface area contributed by atoms with Crippen LogP contribution in [0.2, 0.25) is 0 Å². The van der Waals surface area contributed by atoms with Gasteiger partial charge in [-0.2, -0.15) is 0 Å². The molecule has 0 fully saturated rings. The van der Waals surface area contributed by atoms with Crippen LogP contribution in [0.3, 0.4) is 0 Å². The van der Waals surface area contributed by atoms with Crippen molar-refractivity contribution in [3.63, 3.8) is 0 Å². The monoisotopic (exact) mass is 324 g/mol. The fourth-order valence-corrected chi connectivity index (χ4v) is 2.66. The molecule has 0 saturated heterocycles. The van der Waals surface area contributed by atoms with Crippen LogP contribution in [0.25, 0.3) is 0 Å². The van der Waals surface area contributed by atoms with E-state index in [1.54, 1.807) is 0 Å². The molecule has 0 radical (unpaired) electrons. The number of allylic oxidation sites excluding steroid dienone is 4. The highest BCUT2D eigenvalue weighted by atomic mass is 16.3. The third-order valence-electron chi connectivity index (χ3n) is 4.20. The maximum atomic E-state index is 9.49. The van der Waals surface area contributed by atoms with E-state index >= 15 is 0 Å². The van der Waals surface area contributed by atoms with Gasteiger partial charge in [-0.25, -0.2) is 0 Å². The van der Waals surface area contributed by atoms with E-state index in [4.69, 9.17) is 5.11 Å². The van der Waals surface area contributed by atoms with Gasteiger partial charge in [0.15, 0.2) is 0 Å². The molecule has 0 heterocycles. The fourth-order valence-electron chi connectivity index (χ4n) is 2.66. The molecule has 0 aromatic carbocycles. The highest BCUT2D eigenvalue weighted by Gasteiger charge is 2.01. The summed E-state index contributed by atoms with van der Waals surface area (Å²) in [6, 6.07) is 0. The van der Waals surface area contributed by atoms with Crippen molar-refractivity contribution in [1.82, 2.24) is 0 Å². The number of aliphatic hydroxyl groups excluding tert-OH is 2. The summed E-state index contributed by atoms with van der Waals surface area (Å²) in [5.74, 6) is 0. The Morgan fingerprint density at radius 3 is 1.87 bits per heavy atom. The van der Waals surface area contributed by atoms with E-state index < -0.39 is 0 Å². The molecule has 0 aliphatic carbocycles. The summed E-state index contributed by atoms with van der Waals surface area (Å²) < 4.78 is 0. The standard InChI is InChI=1S/C21H40O2/c1-2-3-4-5-6-7-8-9-10-11-12-13-14-15-16-17-18-21(23)19-20-22/h6-7,9-10,21-23H,2-5,8,11-20H2,1H3. The predicted molar refractivity (Wildman–Crippen MR) is 102 cm³/mol. The maximum Gasteiger partial charge on any atom is 0.0562 e. The van der Waals surface area contributed by atoms with Crippen LogP contribution in [0.5, 0.6) is 0 Å². The number of unbranched alkanes of at least 4 members (excludes halogenated alkanes) is 9. The van der Waals surface area contributed by atoms with Crippen molar-refractivity contribution in [3.8, 4) is 0 Å². The normalized spacial score (nSPS) is 13.3. The number of rotatable bonds is 17. The highest BCUT2D eigenvalue weighted by Crippen LogP contribution is 2.11. The lowest BCUT2D eigenvalue weighted by Gasteiger charge is -2.07. The number of hydrogen-bond donors (Lipinski definition) is 2. The Kier molecular flexibility index (Phi) is 18.9. The van der Waals surface area contributed by atoms with Gasteiger partial charge in [0.1, 0.15) is 0 Å². The molecular formula is C21H40O2. The summed E-state index contributed by atoms with van der Waals surface area (Å²) in [4.78, 5) is 0. The lowest BCUT2D eigenvalue weighted by atomic mass is 10.0. The molecule has 23 heavy (non-hydrogen) atoms. The van der Waals surface area contributed by atoms with E-state index in [0.29, 0.717) is 6.42 Å².